The number of aromatic amines is 2. The topological polar surface area (TPSA) is 84.5 Å². The first-order chi connectivity index (χ1) is 8.16. The molecule has 0 amide bonds. The number of rotatable bonds is 2. The molecule has 7 heteroatoms. The molecule has 0 bridgehead atoms. The van der Waals surface area contributed by atoms with Crippen molar-refractivity contribution in [1.82, 2.24) is 15.0 Å². The van der Waals surface area contributed by atoms with Crippen LogP contribution in [0.2, 0.25) is 0 Å². The van der Waals surface area contributed by atoms with Crippen LogP contribution < -0.4 is 5.56 Å². The molecule has 1 aromatic rings. The Morgan fingerprint density at radius 1 is 1.29 bits per heavy atom. The highest BCUT2D eigenvalue weighted by atomic mass is 32.1. The Morgan fingerprint density at radius 2 is 2.00 bits per heavy atom. The lowest BCUT2D eigenvalue weighted by Gasteiger charge is -2.23. The van der Waals surface area contributed by atoms with Crippen molar-refractivity contribution < 1.29 is 5.11 Å². The third-order valence-electron chi connectivity index (χ3n) is 2.64. The van der Waals surface area contributed by atoms with E-state index in [0.29, 0.717) is 0 Å². The van der Waals surface area contributed by atoms with Gasteiger partial charge in [-0.15, -0.1) is 0 Å². The fourth-order valence-corrected chi connectivity index (χ4v) is 1.93. The second-order valence-electron chi connectivity index (χ2n) is 3.93. The molecule has 1 fully saturated rings. The number of nitrogens with zero attached hydrogens (tertiary/aromatic N) is 2. The zero-order valence-corrected chi connectivity index (χ0v) is 10.1. The maximum absolute atomic E-state index is 11.5. The van der Waals surface area contributed by atoms with E-state index in [0.717, 1.165) is 25.9 Å². The van der Waals surface area contributed by atoms with Crippen LogP contribution in [0.25, 0.3) is 0 Å². The van der Waals surface area contributed by atoms with Crippen LogP contribution in [0.4, 0.5) is 0 Å². The standard InChI is InChI=1S/C10H14N4O2S/c15-8-7(9(16)13-10(17)12-8)6-11-14-4-2-1-3-5-14/h6H,1-5H2,(H3,12,13,15,16,17). The quantitative estimate of drug-likeness (QED) is 0.542. The van der Waals surface area contributed by atoms with Crippen LogP contribution in [0, 0.1) is 4.77 Å². The number of H-pyrrole nitrogens is 2. The van der Waals surface area contributed by atoms with E-state index in [4.69, 9.17) is 12.2 Å². The Kier molecular flexibility index (Phi) is 3.58. The molecule has 92 valence electrons. The fraction of sp³-hybridized carbons (Fsp3) is 0.500. The van der Waals surface area contributed by atoms with Gasteiger partial charge in [-0.1, -0.05) is 0 Å². The first kappa shape index (κ1) is 11.8. The van der Waals surface area contributed by atoms with Gasteiger partial charge in [0.25, 0.3) is 5.56 Å². The van der Waals surface area contributed by atoms with E-state index in [-0.39, 0.29) is 16.2 Å². The lowest BCUT2D eigenvalue weighted by Crippen LogP contribution is -2.25. The van der Waals surface area contributed by atoms with Crippen LogP contribution >= 0.6 is 12.2 Å². The van der Waals surface area contributed by atoms with Crippen molar-refractivity contribution in [1.29, 1.82) is 0 Å². The highest BCUT2D eigenvalue weighted by Gasteiger charge is 2.08. The minimum absolute atomic E-state index is 0.0997. The van der Waals surface area contributed by atoms with Gasteiger partial charge in [0.2, 0.25) is 5.88 Å². The first-order valence-corrected chi connectivity index (χ1v) is 5.92. The van der Waals surface area contributed by atoms with Crippen LogP contribution in [0.5, 0.6) is 5.88 Å². The summed E-state index contributed by atoms with van der Waals surface area (Å²) in [5, 5.41) is 15.6. The molecule has 0 unspecified atom stereocenters. The van der Waals surface area contributed by atoms with E-state index in [1.54, 1.807) is 0 Å². The van der Waals surface area contributed by atoms with Gasteiger partial charge in [0, 0.05) is 13.1 Å². The number of hydrogen-bond acceptors (Lipinski definition) is 5. The van der Waals surface area contributed by atoms with Gasteiger partial charge in [0.15, 0.2) is 4.77 Å². The molecule has 0 aliphatic carbocycles. The Balaban J connectivity index is 2.20. The van der Waals surface area contributed by atoms with Crippen LogP contribution in [0.3, 0.4) is 0 Å². The van der Waals surface area contributed by atoms with E-state index in [1.165, 1.54) is 12.6 Å². The Bertz CT molecular complexity index is 528. The van der Waals surface area contributed by atoms with Gasteiger partial charge in [-0.05, 0) is 31.5 Å². The minimum atomic E-state index is -0.438. The van der Waals surface area contributed by atoms with Crippen LogP contribution in [-0.4, -0.2) is 39.4 Å². The van der Waals surface area contributed by atoms with Gasteiger partial charge in [-0.2, -0.15) is 5.10 Å². The van der Waals surface area contributed by atoms with Crippen molar-refractivity contribution in [2.45, 2.75) is 19.3 Å². The Labute approximate surface area is 103 Å². The Hall–Kier alpha value is -1.63. The lowest BCUT2D eigenvalue weighted by atomic mass is 10.2. The molecule has 1 aliphatic heterocycles. The van der Waals surface area contributed by atoms with Crippen molar-refractivity contribution in [3.63, 3.8) is 0 Å². The van der Waals surface area contributed by atoms with Gasteiger partial charge in [0.1, 0.15) is 5.56 Å². The SMILES string of the molecule is O=c1[nH]c(=S)[nH]c(O)c1C=NN1CCCCC1. The summed E-state index contributed by atoms with van der Waals surface area (Å²) in [5.41, 5.74) is -0.337. The Morgan fingerprint density at radius 3 is 2.65 bits per heavy atom. The number of piperidine rings is 1. The van der Waals surface area contributed by atoms with Crippen molar-refractivity contribution in [3.05, 3.63) is 20.7 Å². The van der Waals surface area contributed by atoms with Crippen molar-refractivity contribution >= 4 is 18.4 Å². The van der Waals surface area contributed by atoms with E-state index in [2.05, 4.69) is 15.1 Å². The molecule has 0 radical (unpaired) electrons. The zero-order valence-electron chi connectivity index (χ0n) is 9.27. The zero-order chi connectivity index (χ0) is 12.3. The number of hydrogen-bond donors (Lipinski definition) is 3. The average molecular weight is 254 g/mol. The van der Waals surface area contributed by atoms with Gasteiger partial charge in [-0.3, -0.25) is 14.8 Å². The molecule has 6 nitrogen and oxygen atoms in total. The van der Waals surface area contributed by atoms with Crippen molar-refractivity contribution in [2.24, 2.45) is 5.10 Å². The maximum Gasteiger partial charge on any atom is 0.264 e. The minimum Gasteiger partial charge on any atom is -0.494 e. The van der Waals surface area contributed by atoms with Gasteiger partial charge in [-0.25, -0.2) is 0 Å². The summed E-state index contributed by atoms with van der Waals surface area (Å²) in [4.78, 5) is 16.4. The molecule has 0 aromatic carbocycles. The summed E-state index contributed by atoms with van der Waals surface area (Å²) in [5.74, 6) is -0.250. The lowest BCUT2D eigenvalue weighted by molar-refractivity contribution is 0.240. The van der Waals surface area contributed by atoms with Gasteiger partial charge in [0.05, 0.1) is 6.21 Å². The first-order valence-electron chi connectivity index (χ1n) is 5.51. The monoisotopic (exact) mass is 254 g/mol. The molecular weight excluding hydrogens is 240 g/mol. The molecule has 3 N–H and O–H groups in total. The molecule has 17 heavy (non-hydrogen) atoms. The molecule has 0 spiro atoms. The molecule has 1 saturated heterocycles. The highest BCUT2D eigenvalue weighted by Crippen LogP contribution is 2.09. The van der Waals surface area contributed by atoms with Gasteiger partial charge < -0.3 is 10.1 Å². The van der Waals surface area contributed by atoms with Crippen LogP contribution in [0.15, 0.2) is 9.90 Å². The third kappa shape index (κ3) is 2.94. The highest BCUT2D eigenvalue weighted by molar-refractivity contribution is 7.71. The fourth-order valence-electron chi connectivity index (χ4n) is 1.74. The predicted molar refractivity (Wildman–Crippen MR) is 66.9 cm³/mol. The maximum atomic E-state index is 11.5. The number of nitrogens with one attached hydrogen (secondary N) is 2. The molecule has 1 aromatic heterocycles. The molecular formula is C10H14N4O2S. The molecule has 0 saturated carbocycles. The van der Waals surface area contributed by atoms with E-state index in [9.17, 15) is 9.90 Å². The smallest absolute Gasteiger partial charge is 0.264 e. The van der Waals surface area contributed by atoms with E-state index < -0.39 is 5.56 Å². The second-order valence-corrected chi connectivity index (χ2v) is 4.34. The second kappa shape index (κ2) is 5.13. The summed E-state index contributed by atoms with van der Waals surface area (Å²) in [6.45, 7) is 1.77. The summed E-state index contributed by atoms with van der Waals surface area (Å²) in [6, 6.07) is 0. The van der Waals surface area contributed by atoms with Gasteiger partial charge >= 0.3 is 0 Å². The molecule has 2 rings (SSSR count). The summed E-state index contributed by atoms with van der Waals surface area (Å²) < 4.78 is 0.0997. The number of hydrazone groups is 1. The molecule has 0 atom stereocenters. The molecule has 1 aliphatic rings. The molecule has 2 heterocycles. The number of aromatic hydroxyl groups is 1. The van der Waals surface area contributed by atoms with Crippen molar-refractivity contribution in [3.8, 4) is 5.88 Å². The third-order valence-corrected chi connectivity index (χ3v) is 2.85. The average Bonchev–Trinajstić information content (AvgIpc) is 2.29. The summed E-state index contributed by atoms with van der Waals surface area (Å²) in [6.07, 6.45) is 4.80. The van der Waals surface area contributed by atoms with Crippen molar-refractivity contribution in [2.75, 3.05) is 13.1 Å². The number of aromatic nitrogens is 2. The summed E-state index contributed by atoms with van der Waals surface area (Å²) >= 11 is 4.73. The van der Waals surface area contributed by atoms with E-state index >= 15 is 0 Å². The normalized spacial score (nSPS) is 16.6. The van der Waals surface area contributed by atoms with Crippen LogP contribution in [-0.2, 0) is 0 Å². The van der Waals surface area contributed by atoms with E-state index in [1.807, 2.05) is 5.01 Å². The summed E-state index contributed by atoms with van der Waals surface area (Å²) in [7, 11) is 0. The van der Waals surface area contributed by atoms with Crippen LogP contribution in [0.1, 0.15) is 24.8 Å². The largest absolute Gasteiger partial charge is 0.494 e. The predicted octanol–water partition coefficient (Wildman–Crippen LogP) is 0.958.